The first-order chi connectivity index (χ1) is 12.8. The lowest BCUT2D eigenvalue weighted by Crippen LogP contribution is -2.54. The van der Waals surface area contributed by atoms with Gasteiger partial charge in [-0.05, 0) is 62.8 Å². The Labute approximate surface area is 162 Å². The van der Waals surface area contributed by atoms with E-state index in [9.17, 15) is 15.0 Å². The lowest BCUT2D eigenvalue weighted by Gasteiger charge is -2.40. The first-order valence-electron chi connectivity index (χ1n) is 10.2. The molecule has 2 aliphatic rings. The molecule has 1 amide bonds. The van der Waals surface area contributed by atoms with E-state index in [-0.39, 0.29) is 25.5 Å². The Hall–Kier alpha value is -1.59. The Morgan fingerprint density at radius 3 is 2.44 bits per heavy atom. The molecule has 0 aromatic heterocycles. The second-order valence-electron chi connectivity index (χ2n) is 8.64. The summed E-state index contributed by atoms with van der Waals surface area (Å²) in [5.74, 6) is 0.690. The Bertz CT molecular complexity index is 668. The molecule has 1 aromatic carbocycles. The average Bonchev–Trinajstić information content (AvgIpc) is 2.63. The van der Waals surface area contributed by atoms with Crippen LogP contribution in [0.25, 0.3) is 0 Å². The number of carbonyl (C=O) groups excluding carboxylic acids is 1. The van der Waals surface area contributed by atoms with Crippen LogP contribution in [-0.2, 0) is 4.79 Å². The summed E-state index contributed by atoms with van der Waals surface area (Å²) in [5, 5.41) is 21.6. The molecule has 1 aromatic rings. The Balaban J connectivity index is 1.56. The summed E-state index contributed by atoms with van der Waals surface area (Å²) in [4.78, 5) is 14.4. The van der Waals surface area contributed by atoms with Gasteiger partial charge in [-0.15, -0.1) is 0 Å². The quantitative estimate of drug-likeness (QED) is 0.830. The number of nitrogens with zero attached hydrogens (tertiary/aromatic N) is 1. The summed E-state index contributed by atoms with van der Waals surface area (Å²) in [6.45, 7) is 5.17. The molecule has 150 valence electrons. The van der Waals surface area contributed by atoms with E-state index < -0.39 is 11.2 Å². The van der Waals surface area contributed by atoms with Crippen LogP contribution >= 0.6 is 0 Å². The number of ether oxygens (including phenoxy) is 1. The molecule has 3 rings (SSSR count). The summed E-state index contributed by atoms with van der Waals surface area (Å²) < 4.78 is 5.84. The number of carbonyl (C=O) groups is 1. The van der Waals surface area contributed by atoms with Crippen molar-refractivity contribution in [3.8, 4) is 5.75 Å². The van der Waals surface area contributed by atoms with Crippen molar-refractivity contribution in [3.63, 3.8) is 0 Å². The number of amides is 1. The predicted molar refractivity (Wildman–Crippen MR) is 105 cm³/mol. The number of hydrogen-bond acceptors (Lipinski definition) is 4. The van der Waals surface area contributed by atoms with Crippen LogP contribution < -0.4 is 4.74 Å². The van der Waals surface area contributed by atoms with E-state index in [1.165, 1.54) is 5.56 Å². The fourth-order valence-corrected chi connectivity index (χ4v) is 4.24. The fraction of sp³-hybridized carbons (Fsp3) is 0.682. The van der Waals surface area contributed by atoms with E-state index in [0.29, 0.717) is 25.8 Å². The van der Waals surface area contributed by atoms with Crippen molar-refractivity contribution in [2.45, 2.75) is 76.4 Å². The van der Waals surface area contributed by atoms with E-state index in [1.807, 2.05) is 25.1 Å². The molecule has 0 spiro atoms. The van der Waals surface area contributed by atoms with Gasteiger partial charge in [-0.25, -0.2) is 0 Å². The van der Waals surface area contributed by atoms with Crippen LogP contribution in [0.15, 0.2) is 18.2 Å². The zero-order valence-electron chi connectivity index (χ0n) is 16.7. The van der Waals surface area contributed by atoms with Crippen LogP contribution in [-0.4, -0.2) is 51.9 Å². The monoisotopic (exact) mass is 375 g/mol. The van der Waals surface area contributed by atoms with Gasteiger partial charge in [-0.2, -0.15) is 0 Å². The minimum absolute atomic E-state index is 0.0521. The lowest BCUT2D eigenvalue weighted by molar-refractivity contribution is -0.146. The second-order valence-corrected chi connectivity index (χ2v) is 8.64. The molecule has 1 aliphatic heterocycles. The van der Waals surface area contributed by atoms with Gasteiger partial charge in [-0.3, -0.25) is 4.79 Å². The maximum absolute atomic E-state index is 12.7. The summed E-state index contributed by atoms with van der Waals surface area (Å²) >= 11 is 0. The Kier molecular flexibility index (Phi) is 6.11. The largest absolute Gasteiger partial charge is 0.491 e. The van der Waals surface area contributed by atoms with E-state index >= 15 is 0 Å². The second kappa shape index (κ2) is 8.19. The van der Waals surface area contributed by atoms with E-state index in [1.54, 1.807) is 4.90 Å². The molecule has 5 heteroatoms. The molecule has 2 N–H and O–H groups in total. The van der Waals surface area contributed by atoms with Gasteiger partial charge in [0.1, 0.15) is 18.0 Å². The molecule has 1 atom stereocenters. The summed E-state index contributed by atoms with van der Waals surface area (Å²) in [6, 6.07) is 5.90. The van der Waals surface area contributed by atoms with Gasteiger partial charge in [0, 0.05) is 6.54 Å². The smallest absolute Gasteiger partial charge is 0.225 e. The molecule has 2 fully saturated rings. The van der Waals surface area contributed by atoms with Crippen LogP contribution in [0.2, 0.25) is 0 Å². The van der Waals surface area contributed by atoms with E-state index in [0.717, 1.165) is 37.0 Å². The molecular formula is C22H33NO4. The fourth-order valence-electron chi connectivity index (χ4n) is 4.24. The van der Waals surface area contributed by atoms with Crippen LogP contribution in [0, 0.1) is 13.8 Å². The van der Waals surface area contributed by atoms with Gasteiger partial charge in [0.2, 0.25) is 5.91 Å². The number of likely N-dealkylation sites (tertiary alicyclic amines) is 1. The molecule has 1 saturated heterocycles. The first-order valence-corrected chi connectivity index (χ1v) is 10.2. The molecular weight excluding hydrogens is 342 g/mol. The number of rotatable bonds is 5. The van der Waals surface area contributed by atoms with Crippen molar-refractivity contribution in [1.29, 1.82) is 0 Å². The topological polar surface area (TPSA) is 70.0 Å². The lowest BCUT2D eigenvalue weighted by atomic mass is 9.82. The molecule has 5 nitrogen and oxygen atoms in total. The Morgan fingerprint density at radius 1 is 1.04 bits per heavy atom. The molecule has 0 bridgehead atoms. The highest BCUT2D eigenvalue weighted by Crippen LogP contribution is 2.32. The summed E-state index contributed by atoms with van der Waals surface area (Å²) in [7, 11) is 0. The molecule has 1 aliphatic carbocycles. The van der Waals surface area contributed by atoms with Crippen LogP contribution in [0.5, 0.6) is 5.75 Å². The zero-order valence-corrected chi connectivity index (χ0v) is 16.7. The standard InChI is InChI=1S/C22H33NO4/c1-17-7-8-19(13-18(17)2)27-16-22(26)11-6-12-23(15-22)20(24)14-21(25)9-4-3-5-10-21/h7-8,13,25-26H,3-6,9-12,14-16H2,1-2H3. The first kappa shape index (κ1) is 20.2. The number of piperidine rings is 1. The highest BCUT2D eigenvalue weighted by atomic mass is 16.5. The van der Waals surface area contributed by atoms with E-state index in [4.69, 9.17) is 4.74 Å². The minimum atomic E-state index is -1.04. The Morgan fingerprint density at radius 2 is 1.74 bits per heavy atom. The summed E-state index contributed by atoms with van der Waals surface area (Å²) in [5.41, 5.74) is 0.458. The number of hydrogen-bond donors (Lipinski definition) is 2. The number of aryl methyl sites for hydroxylation is 2. The van der Waals surface area contributed by atoms with Crippen molar-refractivity contribution in [1.82, 2.24) is 4.90 Å². The van der Waals surface area contributed by atoms with Crippen molar-refractivity contribution in [2.24, 2.45) is 0 Å². The SMILES string of the molecule is Cc1ccc(OCC2(O)CCCN(C(=O)CC3(O)CCCCC3)C2)cc1C. The zero-order chi connectivity index (χ0) is 19.5. The molecule has 27 heavy (non-hydrogen) atoms. The normalized spacial score (nSPS) is 25.3. The van der Waals surface area contributed by atoms with Crippen LogP contribution in [0.3, 0.4) is 0 Å². The van der Waals surface area contributed by atoms with Gasteiger partial charge < -0.3 is 19.8 Å². The van der Waals surface area contributed by atoms with Gasteiger partial charge in [-0.1, -0.05) is 25.3 Å². The third-order valence-corrected chi connectivity index (χ3v) is 6.16. The average molecular weight is 376 g/mol. The van der Waals surface area contributed by atoms with Gasteiger partial charge in [0.05, 0.1) is 18.6 Å². The highest BCUT2D eigenvalue weighted by Gasteiger charge is 2.39. The van der Waals surface area contributed by atoms with Gasteiger partial charge in [0.15, 0.2) is 0 Å². The highest BCUT2D eigenvalue weighted by molar-refractivity contribution is 5.77. The van der Waals surface area contributed by atoms with Crippen LogP contribution in [0.1, 0.15) is 62.5 Å². The predicted octanol–water partition coefficient (Wildman–Crippen LogP) is 3.12. The van der Waals surface area contributed by atoms with E-state index in [2.05, 4.69) is 6.92 Å². The van der Waals surface area contributed by atoms with Gasteiger partial charge in [0.25, 0.3) is 0 Å². The van der Waals surface area contributed by atoms with Crippen molar-refractivity contribution in [2.75, 3.05) is 19.7 Å². The molecule has 1 heterocycles. The number of β-amino-alcohol motifs (C(OH)–C–C–N with tert-alkyl or cyclic N) is 1. The maximum atomic E-state index is 12.7. The maximum Gasteiger partial charge on any atom is 0.225 e. The van der Waals surface area contributed by atoms with Crippen LogP contribution in [0.4, 0.5) is 0 Å². The van der Waals surface area contributed by atoms with Gasteiger partial charge >= 0.3 is 0 Å². The number of benzene rings is 1. The molecule has 1 saturated carbocycles. The molecule has 1 unspecified atom stereocenters. The number of aliphatic hydroxyl groups is 2. The third kappa shape index (κ3) is 5.23. The van der Waals surface area contributed by atoms with Crippen molar-refractivity contribution < 1.29 is 19.7 Å². The van der Waals surface area contributed by atoms with Crippen molar-refractivity contribution in [3.05, 3.63) is 29.3 Å². The minimum Gasteiger partial charge on any atom is -0.491 e. The third-order valence-electron chi connectivity index (χ3n) is 6.16. The van der Waals surface area contributed by atoms with Crippen molar-refractivity contribution >= 4 is 5.91 Å². The summed E-state index contributed by atoms with van der Waals surface area (Å²) in [6.07, 6.45) is 6.04. The molecule has 0 radical (unpaired) electrons.